The van der Waals surface area contributed by atoms with Gasteiger partial charge >= 0.3 is 0 Å². The Kier molecular flexibility index (Phi) is 2.92. The van der Waals surface area contributed by atoms with Gasteiger partial charge in [-0.25, -0.2) is 0 Å². The zero-order valence-corrected chi connectivity index (χ0v) is 8.68. The van der Waals surface area contributed by atoms with Crippen LogP contribution in [0.4, 0.5) is 0 Å². The Bertz CT molecular complexity index is 265. The van der Waals surface area contributed by atoms with Gasteiger partial charge in [-0.15, -0.1) is 11.3 Å². The van der Waals surface area contributed by atoms with Crippen LogP contribution in [0.3, 0.4) is 0 Å². The van der Waals surface area contributed by atoms with Gasteiger partial charge in [0.2, 0.25) is 0 Å². The van der Waals surface area contributed by atoms with Crippen molar-refractivity contribution in [2.75, 3.05) is 0 Å². The van der Waals surface area contributed by atoms with Crippen LogP contribution in [-0.2, 0) is 6.42 Å². The van der Waals surface area contributed by atoms with Gasteiger partial charge in [-0.1, -0.05) is 11.6 Å². The molecule has 3 N–H and O–H groups in total. The van der Waals surface area contributed by atoms with Crippen molar-refractivity contribution < 1.29 is 0 Å². The van der Waals surface area contributed by atoms with Gasteiger partial charge in [0.25, 0.3) is 0 Å². The van der Waals surface area contributed by atoms with Crippen LogP contribution in [-0.4, -0.2) is 5.84 Å². The second-order valence-corrected chi connectivity index (χ2v) is 4.63. The van der Waals surface area contributed by atoms with E-state index >= 15 is 0 Å². The van der Waals surface area contributed by atoms with E-state index in [-0.39, 0.29) is 5.84 Å². The Labute approximate surface area is 82.0 Å². The molecule has 0 saturated carbocycles. The first kappa shape index (κ1) is 9.03. The molecular weight excluding hydrogens is 248 g/mol. The number of halogens is 2. The minimum atomic E-state index is 0.162. The molecule has 0 amide bonds. The van der Waals surface area contributed by atoms with E-state index in [1.807, 2.05) is 6.07 Å². The summed E-state index contributed by atoms with van der Waals surface area (Å²) in [5.41, 5.74) is 5.22. The molecule has 0 spiro atoms. The van der Waals surface area contributed by atoms with Crippen LogP contribution in [0.1, 0.15) is 4.88 Å². The first-order chi connectivity index (χ1) is 5.09. The van der Waals surface area contributed by atoms with Crippen molar-refractivity contribution in [2.24, 2.45) is 5.73 Å². The number of hydrogen-bond acceptors (Lipinski definition) is 2. The average molecular weight is 254 g/mol. The maximum absolute atomic E-state index is 7.04. The molecule has 0 saturated heterocycles. The van der Waals surface area contributed by atoms with E-state index in [1.165, 1.54) is 11.3 Å². The van der Waals surface area contributed by atoms with Crippen molar-refractivity contribution in [3.05, 3.63) is 19.8 Å². The molecule has 1 heterocycles. The Hall–Kier alpha value is -0.0600. The van der Waals surface area contributed by atoms with Crippen molar-refractivity contribution in [1.29, 1.82) is 5.41 Å². The minimum absolute atomic E-state index is 0.162. The molecule has 0 atom stereocenters. The molecule has 1 aromatic heterocycles. The van der Waals surface area contributed by atoms with E-state index in [0.29, 0.717) is 10.8 Å². The number of rotatable bonds is 2. The van der Waals surface area contributed by atoms with Crippen LogP contribution < -0.4 is 5.73 Å². The van der Waals surface area contributed by atoms with Gasteiger partial charge < -0.3 is 5.73 Å². The highest BCUT2D eigenvalue weighted by Crippen LogP contribution is 2.31. The summed E-state index contributed by atoms with van der Waals surface area (Å²) < 4.78 is 1.58. The number of amidine groups is 1. The largest absolute Gasteiger partial charge is 0.387 e. The monoisotopic (exact) mass is 252 g/mol. The normalized spacial score (nSPS) is 10.0. The molecule has 0 aromatic carbocycles. The lowest BCUT2D eigenvalue weighted by Gasteiger charge is -1.90. The van der Waals surface area contributed by atoms with Crippen LogP contribution in [0, 0.1) is 5.41 Å². The summed E-state index contributed by atoms with van der Waals surface area (Å²) in [6.07, 6.45) is 0.482. The van der Waals surface area contributed by atoms with Crippen molar-refractivity contribution in [3.63, 3.8) is 0 Å². The lowest BCUT2D eigenvalue weighted by Crippen LogP contribution is -2.11. The van der Waals surface area contributed by atoms with Gasteiger partial charge in [-0.2, -0.15) is 0 Å². The van der Waals surface area contributed by atoms with Crippen LogP contribution in [0.15, 0.2) is 10.5 Å². The molecule has 0 unspecified atom stereocenters. The maximum atomic E-state index is 7.04. The predicted octanol–water partition coefficient (Wildman–Crippen LogP) is 2.64. The first-order valence-corrected chi connectivity index (χ1v) is 4.85. The summed E-state index contributed by atoms with van der Waals surface area (Å²) >= 11 is 10.5. The Balaban J connectivity index is 2.81. The average Bonchev–Trinajstić information content (AvgIpc) is 2.10. The molecule has 0 aliphatic rings. The molecule has 11 heavy (non-hydrogen) atoms. The van der Waals surface area contributed by atoms with Crippen LogP contribution in [0.5, 0.6) is 0 Å². The summed E-state index contributed by atoms with van der Waals surface area (Å²) in [5.74, 6) is 0.162. The molecule has 2 nitrogen and oxygen atoms in total. The van der Waals surface area contributed by atoms with Crippen LogP contribution in [0.25, 0.3) is 0 Å². The number of thiophene rings is 1. The Morgan fingerprint density at radius 3 is 2.82 bits per heavy atom. The molecule has 0 fully saturated rings. The van der Waals surface area contributed by atoms with Crippen molar-refractivity contribution in [1.82, 2.24) is 0 Å². The summed E-state index contributed by atoms with van der Waals surface area (Å²) in [6.45, 7) is 0. The minimum Gasteiger partial charge on any atom is -0.387 e. The van der Waals surface area contributed by atoms with Crippen LogP contribution >= 0.6 is 38.9 Å². The van der Waals surface area contributed by atoms with Crippen LogP contribution in [0.2, 0.25) is 4.34 Å². The summed E-state index contributed by atoms with van der Waals surface area (Å²) in [7, 11) is 0. The quantitative estimate of drug-likeness (QED) is 0.618. The van der Waals surface area contributed by atoms with Gasteiger partial charge in [0.1, 0.15) is 4.34 Å². The van der Waals surface area contributed by atoms with E-state index < -0.39 is 0 Å². The molecule has 1 aromatic rings. The summed E-state index contributed by atoms with van der Waals surface area (Å²) in [6, 6.07) is 1.88. The molecule has 1 rings (SSSR count). The van der Waals surface area contributed by atoms with Gasteiger partial charge in [-0.3, -0.25) is 5.41 Å². The number of hydrogen-bond donors (Lipinski definition) is 2. The third-order valence-corrected chi connectivity index (χ3v) is 3.54. The zero-order valence-electron chi connectivity index (χ0n) is 5.53. The second-order valence-electron chi connectivity index (χ2n) is 2.04. The van der Waals surface area contributed by atoms with E-state index in [0.717, 1.165) is 9.35 Å². The molecule has 0 radical (unpaired) electrons. The summed E-state index contributed by atoms with van der Waals surface area (Å²) in [4.78, 5) is 1.01. The lowest BCUT2D eigenvalue weighted by molar-refractivity contribution is 1.29. The van der Waals surface area contributed by atoms with E-state index in [2.05, 4.69) is 15.9 Å². The third kappa shape index (κ3) is 2.47. The van der Waals surface area contributed by atoms with Gasteiger partial charge in [0.15, 0.2) is 0 Å². The molecule has 60 valence electrons. The topological polar surface area (TPSA) is 49.9 Å². The zero-order chi connectivity index (χ0) is 8.43. The van der Waals surface area contributed by atoms with E-state index in [1.54, 1.807) is 0 Å². The number of nitrogens with one attached hydrogen (secondary N) is 1. The fourth-order valence-electron chi connectivity index (χ4n) is 0.666. The molecule has 0 aliphatic carbocycles. The lowest BCUT2D eigenvalue weighted by atomic mass is 10.3. The van der Waals surface area contributed by atoms with Crippen molar-refractivity contribution in [2.45, 2.75) is 6.42 Å². The SMILES string of the molecule is N=C(N)Cc1cc(Br)c(Cl)s1. The smallest absolute Gasteiger partial charge is 0.107 e. The highest BCUT2D eigenvalue weighted by Gasteiger charge is 2.04. The van der Waals surface area contributed by atoms with E-state index in [9.17, 15) is 0 Å². The Morgan fingerprint density at radius 2 is 2.45 bits per heavy atom. The van der Waals surface area contributed by atoms with Gasteiger partial charge in [0, 0.05) is 15.8 Å². The maximum Gasteiger partial charge on any atom is 0.107 e. The van der Waals surface area contributed by atoms with Crippen molar-refractivity contribution in [3.8, 4) is 0 Å². The number of nitrogens with two attached hydrogens (primary N) is 1. The fraction of sp³-hybridized carbons (Fsp3) is 0.167. The molecular formula is C6H6BrClN2S. The highest BCUT2D eigenvalue weighted by molar-refractivity contribution is 9.10. The summed E-state index contributed by atoms with van der Waals surface area (Å²) in [5, 5.41) is 7.04. The first-order valence-electron chi connectivity index (χ1n) is 2.86. The van der Waals surface area contributed by atoms with Gasteiger partial charge in [-0.05, 0) is 22.0 Å². The fourth-order valence-corrected chi connectivity index (χ4v) is 2.48. The molecule has 0 aliphatic heterocycles. The standard InChI is InChI=1S/C6H6BrClN2S/c7-4-1-3(2-5(9)10)11-6(4)8/h1H,2H2,(H3,9,10). The van der Waals surface area contributed by atoms with Gasteiger partial charge in [0.05, 0.1) is 5.84 Å². The van der Waals surface area contributed by atoms with E-state index in [4.69, 9.17) is 22.7 Å². The highest BCUT2D eigenvalue weighted by atomic mass is 79.9. The van der Waals surface area contributed by atoms with Crippen molar-refractivity contribution >= 4 is 44.7 Å². The second kappa shape index (κ2) is 3.56. The molecule has 5 heteroatoms. The molecule has 0 bridgehead atoms. The third-order valence-electron chi connectivity index (χ3n) is 1.06. The Morgan fingerprint density at radius 1 is 1.82 bits per heavy atom. The predicted molar refractivity (Wildman–Crippen MR) is 52.6 cm³/mol.